The third kappa shape index (κ3) is 8.53. The normalized spacial score (nSPS) is 14.7. The zero-order valence-electron chi connectivity index (χ0n) is 8.62. The number of hydrogen-bond donors (Lipinski definition) is 0. The molecule has 0 saturated heterocycles. The minimum absolute atomic E-state index is 0. The summed E-state index contributed by atoms with van der Waals surface area (Å²) < 4.78 is 10.6. The standard InChI is InChI=1S/C7H17O2PS2.Zn/c1-4-5-6-7-9-10(11,8-2)12-3;/h4-7H2,1-3H3;. The number of unbranched alkanes of at least 4 members (excludes halogenated alkanes) is 2. The van der Waals surface area contributed by atoms with E-state index >= 15 is 0 Å². The Morgan fingerprint density at radius 2 is 2.00 bits per heavy atom. The van der Waals surface area contributed by atoms with E-state index < -0.39 is 5.69 Å². The molecule has 0 aliphatic heterocycles. The van der Waals surface area contributed by atoms with Gasteiger partial charge in [-0.2, -0.15) is 0 Å². The first-order valence-corrected chi connectivity index (χ1v) is 8.51. The van der Waals surface area contributed by atoms with Crippen LogP contribution in [0.2, 0.25) is 0 Å². The van der Waals surface area contributed by atoms with Gasteiger partial charge in [0.25, 0.3) is 0 Å². The Morgan fingerprint density at radius 3 is 2.38 bits per heavy atom. The molecule has 13 heavy (non-hydrogen) atoms. The molecular formula is C7H17O2PS2Zn. The molecule has 0 spiro atoms. The van der Waals surface area contributed by atoms with E-state index in [2.05, 4.69) is 6.92 Å². The van der Waals surface area contributed by atoms with E-state index in [0.29, 0.717) is 0 Å². The van der Waals surface area contributed by atoms with E-state index in [9.17, 15) is 0 Å². The van der Waals surface area contributed by atoms with Crippen LogP contribution in [0.15, 0.2) is 0 Å². The van der Waals surface area contributed by atoms with Crippen LogP contribution < -0.4 is 0 Å². The van der Waals surface area contributed by atoms with Gasteiger partial charge in [0.15, 0.2) is 0 Å². The van der Waals surface area contributed by atoms with E-state index in [4.69, 9.17) is 20.9 Å². The van der Waals surface area contributed by atoms with Crippen molar-refractivity contribution in [3.63, 3.8) is 0 Å². The van der Waals surface area contributed by atoms with E-state index in [1.807, 2.05) is 6.26 Å². The molecule has 0 aliphatic carbocycles. The predicted molar refractivity (Wildman–Crippen MR) is 60.3 cm³/mol. The fraction of sp³-hybridized carbons (Fsp3) is 1.00. The zero-order chi connectivity index (χ0) is 9.45. The SMILES string of the molecule is CCCCCOP(=S)(OC)SC.[Zn]. The quantitative estimate of drug-likeness (QED) is 0.406. The van der Waals surface area contributed by atoms with Crippen LogP contribution in [0.3, 0.4) is 0 Å². The van der Waals surface area contributed by atoms with E-state index in [1.54, 1.807) is 7.11 Å². The Labute approximate surface area is 103 Å². The summed E-state index contributed by atoms with van der Waals surface area (Å²) in [6.07, 6.45) is 5.43. The van der Waals surface area contributed by atoms with Crippen molar-refractivity contribution in [1.29, 1.82) is 0 Å². The van der Waals surface area contributed by atoms with Gasteiger partial charge in [-0.1, -0.05) is 31.1 Å². The van der Waals surface area contributed by atoms with Gasteiger partial charge >= 0.3 is 0 Å². The Kier molecular flexibility index (Phi) is 13.1. The topological polar surface area (TPSA) is 18.5 Å². The van der Waals surface area contributed by atoms with Gasteiger partial charge in [-0.15, -0.1) is 0 Å². The van der Waals surface area contributed by atoms with Crippen LogP contribution in [-0.4, -0.2) is 20.0 Å². The summed E-state index contributed by atoms with van der Waals surface area (Å²) in [7, 11) is 1.62. The van der Waals surface area contributed by atoms with Crippen molar-refractivity contribution >= 4 is 28.9 Å². The van der Waals surface area contributed by atoms with Crippen LogP contribution in [0.4, 0.5) is 0 Å². The largest absolute Gasteiger partial charge is 0.325 e. The van der Waals surface area contributed by atoms with Crippen molar-refractivity contribution in [2.45, 2.75) is 26.2 Å². The molecule has 0 fully saturated rings. The van der Waals surface area contributed by atoms with E-state index in [1.165, 1.54) is 24.2 Å². The van der Waals surface area contributed by atoms with Gasteiger partial charge in [0.05, 0.1) is 6.61 Å². The minimum Gasteiger partial charge on any atom is -0.325 e. The van der Waals surface area contributed by atoms with Crippen molar-refractivity contribution in [2.24, 2.45) is 0 Å². The third-order valence-electron chi connectivity index (χ3n) is 1.44. The van der Waals surface area contributed by atoms with Crippen LogP contribution in [0.1, 0.15) is 26.2 Å². The molecule has 0 aromatic heterocycles. The van der Waals surface area contributed by atoms with E-state index in [0.717, 1.165) is 13.0 Å². The molecule has 0 rings (SSSR count). The summed E-state index contributed by atoms with van der Waals surface area (Å²) in [5.74, 6) is 0. The molecule has 0 bridgehead atoms. The van der Waals surface area contributed by atoms with Gasteiger partial charge in [0, 0.05) is 26.6 Å². The summed E-state index contributed by atoms with van der Waals surface area (Å²) in [6, 6.07) is 0. The molecule has 1 unspecified atom stereocenters. The molecule has 0 aromatic rings. The first-order valence-electron chi connectivity index (χ1n) is 4.04. The zero-order valence-corrected chi connectivity index (χ0v) is 14.1. The van der Waals surface area contributed by atoms with Crippen LogP contribution in [0.5, 0.6) is 0 Å². The van der Waals surface area contributed by atoms with Gasteiger partial charge in [0.1, 0.15) is 0 Å². The Bertz CT molecular complexity index is 149. The van der Waals surface area contributed by atoms with Crippen molar-refractivity contribution < 1.29 is 28.5 Å². The second-order valence-electron chi connectivity index (χ2n) is 2.35. The monoisotopic (exact) mass is 292 g/mol. The predicted octanol–water partition coefficient (Wildman–Crippen LogP) is 3.42. The first kappa shape index (κ1) is 17.0. The third-order valence-corrected chi connectivity index (χ3v) is 7.05. The maximum Gasteiger partial charge on any atom is 0.246 e. The molecule has 76 valence electrons. The molecule has 6 heteroatoms. The average Bonchev–Trinajstić information content (AvgIpc) is 2.12. The van der Waals surface area contributed by atoms with Gasteiger partial charge < -0.3 is 9.05 Å². The van der Waals surface area contributed by atoms with Crippen molar-refractivity contribution in [2.75, 3.05) is 20.0 Å². The molecule has 0 aromatic carbocycles. The number of hydrogen-bond acceptors (Lipinski definition) is 4. The van der Waals surface area contributed by atoms with Crippen molar-refractivity contribution in [3.05, 3.63) is 0 Å². The Balaban J connectivity index is 0. The Morgan fingerprint density at radius 1 is 1.38 bits per heavy atom. The van der Waals surface area contributed by atoms with Gasteiger partial charge in [-0.25, -0.2) is 0 Å². The summed E-state index contributed by atoms with van der Waals surface area (Å²) in [4.78, 5) is 0. The summed E-state index contributed by atoms with van der Waals surface area (Å²) in [6.45, 7) is 2.90. The summed E-state index contributed by atoms with van der Waals surface area (Å²) in [5, 5.41) is 0. The molecule has 0 radical (unpaired) electrons. The smallest absolute Gasteiger partial charge is 0.246 e. The molecule has 0 aliphatic rings. The Hall–Kier alpha value is 1.54. The molecule has 0 saturated carbocycles. The van der Waals surface area contributed by atoms with Crippen LogP contribution in [0.25, 0.3) is 0 Å². The molecule has 0 N–H and O–H groups in total. The van der Waals surface area contributed by atoms with Gasteiger partial charge in [-0.3, -0.25) is 0 Å². The van der Waals surface area contributed by atoms with Crippen LogP contribution >= 0.6 is 17.1 Å². The second-order valence-corrected chi connectivity index (χ2v) is 8.91. The summed E-state index contributed by atoms with van der Waals surface area (Å²) >= 11 is 6.70. The summed E-state index contributed by atoms with van der Waals surface area (Å²) in [5.41, 5.74) is -1.97. The minimum atomic E-state index is -1.97. The van der Waals surface area contributed by atoms with Gasteiger partial charge in [-0.05, 0) is 24.5 Å². The van der Waals surface area contributed by atoms with Crippen LogP contribution in [0, 0.1) is 0 Å². The first-order chi connectivity index (χ1) is 5.68. The molecule has 1 atom stereocenters. The fourth-order valence-corrected chi connectivity index (χ4v) is 2.63. The maximum absolute atomic E-state index is 5.50. The number of rotatable bonds is 7. The molecule has 0 amide bonds. The van der Waals surface area contributed by atoms with E-state index in [-0.39, 0.29) is 19.5 Å². The average molecular weight is 294 g/mol. The second kappa shape index (κ2) is 10.1. The molecule has 0 heterocycles. The van der Waals surface area contributed by atoms with Crippen LogP contribution in [-0.2, 0) is 40.3 Å². The van der Waals surface area contributed by atoms with Crippen molar-refractivity contribution in [3.8, 4) is 0 Å². The van der Waals surface area contributed by atoms with Gasteiger partial charge in [0.2, 0.25) is 5.69 Å². The fourth-order valence-electron chi connectivity index (χ4n) is 0.708. The van der Waals surface area contributed by atoms with Crippen molar-refractivity contribution in [1.82, 2.24) is 0 Å². The maximum atomic E-state index is 5.50. The molecular weight excluding hydrogens is 277 g/mol. The molecule has 2 nitrogen and oxygen atoms in total.